The maximum atomic E-state index is 9.86. The van der Waals surface area contributed by atoms with Crippen LogP contribution in [0.5, 0.6) is 0 Å². The molecule has 0 unspecified atom stereocenters. The van der Waals surface area contributed by atoms with Gasteiger partial charge in [-0.25, -0.2) is 0 Å². The van der Waals surface area contributed by atoms with Crippen LogP contribution in [0.25, 0.3) is 0 Å². The van der Waals surface area contributed by atoms with E-state index in [9.17, 15) is 10.2 Å². The lowest BCUT2D eigenvalue weighted by molar-refractivity contribution is -0.0938. The van der Waals surface area contributed by atoms with Gasteiger partial charge in [0.25, 0.3) is 0 Å². The lowest BCUT2D eigenvalue weighted by atomic mass is 10.1. The van der Waals surface area contributed by atoms with Gasteiger partial charge in [-0.1, -0.05) is 64.0 Å². The Balaban J connectivity index is 1.92. The van der Waals surface area contributed by atoms with Crippen molar-refractivity contribution in [3.63, 3.8) is 0 Å². The summed E-state index contributed by atoms with van der Waals surface area (Å²) in [6.07, 6.45) is 15.2. The second-order valence-electron chi connectivity index (χ2n) is 7.33. The number of unbranched alkanes of at least 4 members (excludes halogenated alkanes) is 9. The van der Waals surface area contributed by atoms with Crippen molar-refractivity contribution in [3.8, 4) is 0 Å². The SMILES string of the molecule is CCCC/C=C/CCCCCCCCCO[C@@H]1[C@H]([C@@H](O)CO)OC[C@H]1O. The third-order valence-corrected chi connectivity index (χ3v) is 4.95. The topological polar surface area (TPSA) is 79.2 Å². The van der Waals surface area contributed by atoms with Crippen LogP contribution in [-0.2, 0) is 9.47 Å². The number of allylic oxidation sites excluding steroid dienone is 2. The van der Waals surface area contributed by atoms with E-state index in [0.29, 0.717) is 6.61 Å². The molecule has 5 heteroatoms. The summed E-state index contributed by atoms with van der Waals surface area (Å²) in [5, 5.41) is 28.6. The van der Waals surface area contributed by atoms with E-state index in [-0.39, 0.29) is 13.2 Å². The molecular formula is C21H40O5. The quantitative estimate of drug-likeness (QED) is 0.286. The Morgan fingerprint density at radius 3 is 2.27 bits per heavy atom. The van der Waals surface area contributed by atoms with Crippen molar-refractivity contribution in [3.05, 3.63) is 12.2 Å². The molecule has 1 heterocycles. The molecule has 1 aliphatic rings. The lowest BCUT2D eigenvalue weighted by Gasteiger charge is -2.23. The molecule has 1 aliphatic heterocycles. The van der Waals surface area contributed by atoms with Crippen LogP contribution in [0.15, 0.2) is 12.2 Å². The van der Waals surface area contributed by atoms with Crippen molar-refractivity contribution in [2.24, 2.45) is 0 Å². The molecule has 4 atom stereocenters. The third kappa shape index (κ3) is 10.0. The van der Waals surface area contributed by atoms with Gasteiger partial charge in [-0.05, 0) is 25.7 Å². The lowest BCUT2D eigenvalue weighted by Crippen LogP contribution is -2.42. The van der Waals surface area contributed by atoms with E-state index in [1.807, 2.05) is 0 Å². The molecule has 1 saturated heterocycles. The fourth-order valence-corrected chi connectivity index (χ4v) is 3.28. The van der Waals surface area contributed by atoms with E-state index in [4.69, 9.17) is 14.6 Å². The molecule has 5 nitrogen and oxygen atoms in total. The minimum absolute atomic E-state index is 0.153. The fourth-order valence-electron chi connectivity index (χ4n) is 3.28. The summed E-state index contributed by atoms with van der Waals surface area (Å²) in [6.45, 7) is 2.55. The van der Waals surface area contributed by atoms with Crippen LogP contribution >= 0.6 is 0 Å². The molecule has 26 heavy (non-hydrogen) atoms. The highest BCUT2D eigenvalue weighted by Crippen LogP contribution is 2.21. The summed E-state index contributed by atoms with van der Waals surface area (Å²) in [5.41, 5.74) is 0. The molecule has 1 rings (SSSR count). The Morgan fingerprint density at radius 2 is 1.62 bits per heavy atom. The van der Waals surface area contributed by atoms with Crippen LogP contribution in [0.3, 0.4) is 0 Å². The summed E-state index contributed by atoms with van der Waals surface area (Å²) >= 11 is 0. The van der Waals surface area contributed by atoms with E-state index < -0.39 is 24.4 Å². The Labute approximate surface area is 159 Å². The largest absolute Gasteiger partial charge is 0.394 e. The first-order valence-electron chi connectivity index (χ1n) is 10.6. The number of ether oxygens (including phenoxy) is 2. The van der Waals surface area contributed by atoms with Crippen molar-refractivity contribution >= 4 is 0 Å². The Kier molecular flexibility index (Phi) is 14.1. The van der Waals surface area contributed by atoms with Gasteiger partial charge in [0.1, 0.15) is 24.4 Å². The molecule has 0 radical (unpaired) electrons. The minimum atomic E-state index is -1.00. The Hall–Kier alpha value is -0.460. The molecule has 0 aromatic heterocycles. The van der Waals surface area contributed by atoms with Crippen molar-refractivity contribution in [2.75, 3.05) is 19.8 Å². The van der Waals surface area contributed by atoms with Crippen molar-refractivity contribution in [1.82, 2.24) is 0 Å². The highest BCUT2D eigenvalue weighted by atomic mass is 16.6. The summed E-state index contributed by atoms with van der Waals surface area (Å²) < 4.78 is 11.0. The average molecular weight is 373 g/mol. The summed E-state index contributed by atoms with van der Waals surface area (Å²) in [5.74, 6) is 0. The maximum Gasteiger partial charge on any atom is 0.114 e. The molecule has 0 aromatic rings. The summed E-state index contributed by atoms with van der Waals surface area (Å²) in [6, 6.07) is 0. The molecule has 0 saturated carbocycles. The summed E-state index contributed by atoms with van der Waals surface area (Å²) in [7, 11) is 0. The zero-order valence-electron chi connectivity index (χ0n) is 16.5. The highest BCUT2D eigenvalue weighted by Gasteiger charge is 2.40. The van der Waals surface area contributed by atoms with E-state index in [2.05, 4.69) is 19.1 Å². The Bertz CT molecular complexity index is 347. The monoisotopic (exact) mass is 372 g/mol. The molecule has 0 aromatic carbocycles. The maximum absolute atomic E-state index is 9.86. The van der Waals surface area contributed by atoms with E-state index >= 15 is 0 Å². The first kappa shape index (κ1) is 23.6. The van der Waals surface area contributed by atoms with Crippen LogP contribution in [-0.4, -0.2) is 59.6 Å². The van der Waals surface area contributed by atoms with Gasteiger partial charge < -0.3 is 24.8 Å². The van der Waals surface area contributed by atoms with Gasteiger partial charge in [0.2, 0.25) is 0 Å². The predicted molar refractivity (Wildman–Crippen MR) is 104 cm³/mol. The molecule has 0 aliphatic carbocycles. The van der Waals surface area contributed by atoms with Gasteiger partial charge >= 0.3 is 0 Å². The zero-order valence-corrected chi connectivity index (χ0v) is 16.5. The Morgan fingerprint density at radius 1 is 1.00 bits per heavy atom. The molecule has 0 amide bonds. The van der Waals surface area contributed by atoms with Crippen LogP contribution < -0.4 is 0 Å². The van der Waals surface area contributed by atoms with E-state index in [1.165, 1.54) is 57.8 Å². The van der Waals surface area contributed by atoms with Gasteiger partial charge in [-0.3, -0.25) is 0 Å². The van der Waals surface area contributed by atoms with E-state index in [0.717, 1.165) is 12.8 Å². The number of aliphatic hydroxyl groups is 3. The van der Waals surface area contributed by atoms with Crippen LogP contribution in [0.1, 0.15) is 77.6 Å². The highest BCUT2D eigenvalue weighted by molar-refractivity contribution is 4.89. The first-order chi connectivity index (χ1) is 12.7. The normalized spacial score (nSPS) is 24.5. The second-order valence-corrected chi connectivity index (χ2v) is 7.33. The van der Waals surface area contributed by atoms with Gasteiger partial charge in [0.05, 0.1) is 13.2 Å². The average Bonchev–Trinajstić information content (AvgIpc) is 3.02. The smallest absolute Gasteiger partial charge is 0.114 e. The van der Waals surface area contributed by atoms with E-state index in [1.54, 1.807) is 0 Å². The zero-order chi connectivity index (χ0) is 19.0. The number of hydrogen-bond acceptors (Lipinski definition) is 5. The van der Waals surface area contributed by atoms with Crippen molar-refractivity contribution in [2.45, 2.75) is 102 Å². The number of hydrogen-bond donors (Lipinski definition) is 3. The number of rotatable bonds is 16. The standard InChI is InChI=1S/C21H40O5/c1-2-3-4-5-6-7-8-9-10-11-12-13-14-15-25-21-19(24)17-26-20(21)18(23)16-22/h5-6,18-24H,2-4,7-17H2,1H3/b6-5+/t18-,19+,20-,21-/m0/s1. The molecular weight excluding hydrogens is 332 g/mol. The molecule has 1 fully saturated rings. The van der Waals surface area contributed by atoms with Crippen LogP contribution in [0.2, 0.25) is 0 Å². The van der Waals surface area contributed by atoms with Crippen molar-refractivity contribution in [1.29, 1.82) is 0 Å². The summed E-state index contributed by atoms with van der Waals surface area (Å²) in [4.78, 5) is 0. The van der Waals surface area contributed by atoms with Gasteiger partial charge in [0.15, 0.2) is 0 Å². The number of aliphatic hydroxyl groups excluding tert-OH is 3. The molecule has 154 valence electrons. The molecule has 3 N–H and O–H groups in total. The van der Waals surface area contributed by atoms with Crippen LogP contribution in [0.4, 0.5) is 0 Å². The van der Waals surface area contributed by atoms with Crippen molar-refractivity contribution < 1.29 is 24.8 Å². The van der Waals surface area contributed by atoms with Gasteiger partial charge in [0, 0.05) is 6.61 Å². The predicted octanol–water partition coefficient (Wildman–Crippen LogP) is 3.35. The minimum Gasteiger partial charge on any atom is -0.394 e. The molecule has 0 spiro atoms. The fraction of sp³-hybridized carbons (Fsp3) is 0.905. The third-order valence-electron chi connectivity index (χ3n) is 4.95. The van der Waals surface area contributed by atoms with Gasteiger partial charge in [-0.15, -0.1) is 0 Å². The first-order valence-corrected chi connectivity index (χ1v) is 10.6. The second kappa shape index (κ2) is 15.6. The molecule has 0 bridgehead atoms. The van der Waals surface area contributed by atoms with Gasteiger partial charge in [-0.2, -0.15) is 0 Å². The van der Waals surface area contributed by atoms with Crippen LogP contribution in [0, 0.1) is 0 Å².